The Kier molecular flexibility index (Phi) is 4.13. The van der Waals surface area contributed by atoms with Crippen LogP contribution in [0.5, 0.6) is 0 Å². The van der Waals surface area contributed by atoms with Crippen LogP contribution in [0.25, 0.3) is 0 Å². The van der Waals surface area contributed by atoms with Gasteiger partial charge in [-0.25, -0.2) is 0 Å². The molecule has 0 heterocycles. The third-order valence-corrected chi connectivity index (χ3v) is 1.47. The van der Waals surface area contributed by atoms with E-state index in [9.17, 15) is 0 Å². The summed E-state index contributed by atoms with van der Waals surface area (Å²) < 4.78 is 0. The van der Waals surface area contributed by atoms with Crippen LogP contribution in [0, 0.1) is 0 Å². The Morgan fingerprint density at radius 3 is 1.80 bits per heavy atom. The average molecular weight is 157 g/mol. The van der Waals surface area contributed by atoms with Crippen LogP contribution in [-0.2, 0) is 0 Å². The predicted molar refractivity (Wildman–Crippen MR) is 47.8 cm³/mol. The molecule has 0 atom stereocenters. The van der Waals surface area contributed by atoms with Crippen molar-refractivity contribution in [2.45, 2.75) is 19.8 Å². The maximum Gasteiger partial charge on any atom is -0.0219 e. The molecule has 0 spiro atoms. The Morgan fingerprint density at radius 1 is 1.00 bits per heavy atom. The molecule has 0 unspecified atom stereocenters. The molecule has 0 aromatic heterocycles. The lowest BCUT2D eigenvalue weighted by Crippen LogP contribution is -1.83. The number of hydrogen-bond acceptors (Lipinski definition) is 0. The molecule has 0 aliphatic heterocycles. The van der Waals surface area contributed by atoms with E-state index in [4.69, 9.17) is 0 Å². The van der Waals surface area contributed by atoms with Gasteiger partial charge in [0.05, 0.1) is 0 Å². The van der Waals surface area contributed by atoms with E-state index in [2.05, 4.69) is 38.1 Å². The number of hydrogen-bond donors (Lipinski definition) is 0. The van der Waals surface area contributed by atoms with Crippen molar-refractivity contribution in [3.05, 3.63) is 35.9 Å². The average Bonchev–Trinajstić information content (AvgIpc) is 1.90. The molecule has 0 aliphatic rings. The molecule has 0 radical (unpaired) electrons. The Labute approximate surface area is 68.7 Å². The second-order valence-corrected chi connectivity index (χ2v) is 2.57. The van der Waals surface area contributed by atoms with Crippen LogP contribution in [0.1, 0.15) is 25.3 Å². The first-order chi connectivity index (χ1) is 4.30. The summed E-state index contributed by atoms with van der Waals surface area (Å²) in [5.74, 6) is 0.659. The summed E-state index contributed by atoms with van der Waals surface area (Å²) in [6.07, 6.45) is 0. The summed E-state index contributed by atoms with van der Waals surface area (Å²) in [4.78, 5) is 0. The summed E-state index contributed by atoms with van der Waals surface area (Å²) in [5.41, 5.74) is 1.41. The zero-order valence-electron chi connectivity index (χ0n) is 6.37. The molecule has 1 aromatic carbocycles. The van der Waals surface area contributed by atoms with Gasteiger partial charge < -0.3 is 0 Å². The van der Waals surface area contributed by atoms with Crippen molar-refractivity contribution in [1.82, 2.24) is 0 Å². The summed E-state index contributed by atoms with van der Waals surface area (Å²) in [6.45, 7) is 4.41. The third kappa shape index (κ3) is 2.40. The van der Waals surface area contributed by atoms with E-state index < -0.39 is 0 Å². The molecule has 1 rings (SSSR count). The molecule has 1 aromatic rings. The topological polar surface area (TPSA) is 0 Å². The molecular weight excluding hydrogens is 144 g/mol. The minimum Gasteiger partial charge on any atom is -0.147 e. The van der Waals surface area contributed by atoms with Crippen LogP contribution in [0.4, 0.5) is 0 Å². The lowest BCUT2D eigenvalue weighted by Gasteiger charge is -2.01. The fourth-order valence-electron chi connectivity index (χ4n) is 0.838. The first-order valence-corrected chi connectivity index (χ1v) is 3.35. The number of halogens is 1. The molecule has 0 amide bonds. The lowest BCUT2D eigenvalue weighted by molar-refractivity contribution is 0.867. The number of benzene rings is 1. The van der Waals surface area contributed by atoms with Crippen molar-refractivity contribution in [2.75, 3.05) is 0 Å². The van der Waals surface area contributed by atoms with Gasteiger partial charge in [0.15, 0.2) is 0 Å². The molecule has 0 fully saturated rings. The van der Waals surface area contributed by atoms with Crippen molar-refractivity contribution in [3.8, 4) is 0 Å². The summed E-state index contributed by atoms with van der Waals surface area (Å²) in [6, 6.07) is 10.5. The highest BCUT2D eigenvalue weighted by Crippen LogP contribution is 2.11. The summed E-state index contributed by atoms with van der Waals surface area (Å²) >= 11 is 0. The van der Waals surface area contributed by atoms with E-state index in [0.717, 1.165) is 0 Å². The highest BCUT2D eigenvalue weighted by molar-refractivity contribution is 5.85. The molecule has 10 heavy (non-hydrogen) atoms. The number of rotatable bonds is 1. The highest BCUT2D eigenvalue weighted by atomic mass is 35.5. The van der Waals surface area contributed by atoms with Crippen molar-refractivity contribution in [3.63, 3.8) is 0 Å². The van der Waals surface area contributed by atoms with Crippen molar-refractivity contribution in [2.24, 2.45) is 0 Å². The fourth-order valence-corrected chi connectivity index (χ4v) is 0.838. The van der Waals surface area contributed by atoms with Crippen LogP contribution >= 0.6 is 12.4 Å². The van der Waals surface area contributed by atoms with Crippen molar-refractivity contribution in [1.29, 1.82) is 0 Å². The fraction of sp³-hybridized carbons (Fsp3) is 0.333. The van der Waals surface area contributed by atoms with Crippen molar-refractivity contribution >= 4 is 12.4 Å². The molecule has 0 saturated carbocycles. The zero-order chi connectivity index (χ0) is 6.69. The summed E-state index contributed by atoms with van der Waals surface area (Å²) in [5, 5.41) is 0. The van der Waals surface area contributed by atoms with Gasteiger partial charge in [0.1, 0.15) is 0 Å². The van der Waals surface area contributed by atoms with E-state index in [1.54, 1.807) is 0 Å². The van der Waals surface area contributed by atoms with Gasteiger partial charge in [-0.1, -0.05) is 44.2 Å². The molecule has 0 saturated heterocycles. The highest BCUT2D eigenvalue weighted by Gasteiger charge is 1.93. The lowest BCUT2D eigenvalue weighted by atomic mass is 10.0. The van der Waals surface area contributed by atoms with Gasteiger partial charge in [0.2, 0.25) is 0 Å². The Bertz CT molecular complexity index is 167. The normalized spacial score (nSPS) is 9.10. The van der Waals surface area contributed by atoms with E-state index in [1.165, 1.54) is 5.56 Å². The maximum atomic E-state index is 2.20. The summed E-state index contributed by atoms with van der Waals surface area (Å²) in [7, 11) is 0. The van der Waals surface area contributed by atoms with E-state index in [0.29, 0.717) is 5.92 Å². The molecule has 0 N–H and O–H groups in total. The smallest absolute Gasteiger partial charge is 0.0219 e. The minimum atomic E-state index is 0. The van der Waals surface area contributed by atoms with Gasteiger partial charge in [0.25, 0.3) is 0 Å². The van der Waals surface area contributed by atoms with Gasteiger partial charge in [-0.3, -0.25) is 0 Å². The van der Waals surface area contributed by atoms with E-state index >= 15 is 0 Å². The largest absolute Gasteiger partial charge is 0.147 e. The van der Waals surface area contributed by atoms with Crippen LogP contribution < -0.4 is 0 Å². The van der Waals surface area contributed by atoms with Gasteiger partial charge >= 0.3 is 0 Å². The Balaban J connectivity index is 0.000000810. The van der Waals surface area contributed by atoms with Crippen LogP contribution in [-0.4, -0.2) is 0 Å². The molecule has 56 valence electrons. The second kappa shape index (κ2) is 4.35. The molecular formula is C9H13Cl. The quantitative estimate of drug-likeness (QED) is 0.586. The van der Waals surface area contributed by atoms with E-state index in [-0.39, 0.29) is 12.4 Å². The minimum absolute atomic E-state index is 0. The molecule has 1 heteroatoms. The SMILES string of the molecule is CC(C)c1ccccc1.Cl. The Morgan fingerprint density at radius 2 is 1.50 bits per heavy atom. The van der Waals surface area contributed by atoms with Crippen LogP contribution in [0.3, 0.4) is 0 Å². The molecule has 0 aliphatic carbocycles. The standard InChI is InChI=1S/C9H12.ClH/c1-8(2)9-6-4-3-5-7-9;/h3-8H,1-2H3;1H. The third-order valence-electron chi connectivity index (χ3n) is 1.47. The molecule has 0 bridgehead atoms. The van der Waals surface area contributed by atoms with Crippen LogP contribution in [0.15, 0.2) is 30.3 Å². The van der Waals surface area contributed by atoms with Crippen LogP contribution in [0.2, 0.25) is 0 Å². The second-order valence-electron chi connectivity index (χ2n) is 2.57. The monoisotopic (exact) mass is 156 g/mol. The maximum absolute atomic E-state index is 2.20. The first-order valence-electron chi connectivity index (χ1n) is 3.35. The van der Waals surface area contributed by atoms with Crippen molar-refractivity contribution < 1.29 is 0 Å². The zero-order valence-corrected chi connectivity index (χ0v) is 7.19. The first kappa shape index (κ1) is 9.51. The van der Waals surface area contributed by atoms with Gasteiger partial charge in [-0.2, -0.15) is 0 Å². The van der Waals surface area contributed by atoms with Gasteiger partial charge in [0, 0.05) is 0 Å². The van der Waals surface area contributed by atoms with E-state index in [1.807, 2.05) is 6.07 Å². The Hall–Kier alpha value is -0.490. The molecule has 0 nitrogen and oxygen atoms in total. The van der Waals surface area contributed by atoms with Gasteiger partial charge in [-0.05, 0) is 11.5 Å². The predicted octanol–water partition coefficient (Wildman–Crippen LogP) is 3.23. The van der Waals surface area contributed by atoms with Gasteiger partial charge in [-0.15, -0.1) is 12.4 Å².